The van der Waals surface area contributed by atoms with Gasteiger partial charge >= 0.3 is 0 Å². The van der Waals surface area contributed by atoms with Crippen LogP contribution in [0.4, 0.5) is 0 Å². The predicted molar refractivity (Wildman–Crippen MR) is 83.8 cm³/mol. The van der Waals surface area contributed by atoms with E-state index in [1.54, 1.807) is 5.56 Å². The van der Waals surface area contributed by atoms with Gasteiger partial charge in [0.25, 0.3) is 0 Å². The molecule has 0 aromatic heterocycles. The van der Waals surface area contributed by atoms with Crippen LogP contribution in [0.2, 0.25) is 0 Å². The van der Waals surface area contributed by atoms with Crippen molar-refractivity contribution in [2.75, 3.05) is 13.1 Å². The minimum absolute atomic E-state index is 0.430. The lowest BCUT2D eigenvalue weighted by Crippen LogP contribution is -2.29. The highest BCUT2D eigenvalue weighted by Gasteiger charge is 2.53. The molecule has 1 aromatic rings. The largest absolute Gasteiger partial charge is 0.316 e. The van der Waals surface area contributed by atoms with E-state index in [0.29, 0.717) is 11.3 Å². The normalized spacial score (nSPS) is 25.8. The zero-order valence-corrected chi connectivity index (χ0v) is 13.0. The molecule has 1 N–H and O–H groups in total. The van der Waals surface area contributed by atoms with Gasteiger partial charge in [0.05, 0.1) is 0 Å². The molecule has 2 unspecified atom stereocenters. The predicted octanol–water partition coefficient (Wildman–Crippen LogP) is 4.48. The molecule has 0 radical (unpaired) electrons. The van der Waals surface area contributed by atoms with Gasteiger partial charge < -0.3 is 5.32 Å². The number of hydrogen-bond donors (Lipinski definition) is 1. The summed E-state index contributed by atoms with van der Waals surface area (Å²) in [5, 5.41) is 3.64. The lowest BCUT2D eigenvalue weighted by atomic mass is 9.90. The van der Waals surface area contributed by atoms with Gasteiger partial charge in [-0.25, -0.2) is 0 Å². The summed E-state index contributed by atoms with van der Waals surface area (Å²) < 4.78 is 0. The summed E-state index contributed by atoms with van der Waals surface area (Å²) in [4.78, 5) is 0. The lowest BCUT2D eigenvalue weighted by Gasteiger charge is -2.19. The average molecular weight is 259 g/mol. The van der Waals surface area contributed by atoms with Crippen LogP contribution in [-0.4, -0.2) is 13.1 Å². The van der Waals surface area contributed by atoms with Crippen LogP contribution < -0.4 is 5.32 Å². The van der Waals surface area contributed by atoms with Gasteiger partial charge in [-0.15, -0.1) is 0 Å². The van der Waals surface area contributed by atoms with E-state index >= 15 is 0 Å². The average Bonchev–Trinajstić information content (AvgIpc) is 3.14. The van der Waals surface area contributed by atoms with Crippen molar-refractivity contribution in [1.82, 2.24) is 5.32 Å². The van der Waals surface area contributed by atoms with Crippen molar-refractivity contribution in [3.05, 3.63) is 35.4 Å². The molecule has 1 aromatic carbocycles. The Morgan fingerprint density at radius 2 is 1.89 bits per heavy atom. The summed E-state index contributed by atoms with van der Waals surface area (Å²) in [6, 6.07) is 9.40. The Balaban J connectivity index is 2.11. The molecule has 0 saturated heterocycles. The molecule has 1 saturated carbocycles. The van der Waals surface area contributed by atoms with Crippen molar-refractivity contribution in [3.63, 3.8) is 0 Å². The van der Waals surface area contributed by atoms with Gasteiger partial charge in [-0.1, -0.05) is 58.4 Å². The first-order valence-electron chi connectivity index (χ1n) is 7.95. The molecule has 0 amide bonds. The van der Waals surface area contributed by atoms with Crippen LogP contribution in [0, 0.1) is 5.92 Å². The van der Waals surface area contributed by atoms with E-state index in [4.69, 9.17) is 0 Å². The van der Waals surface area contributed by atoms with Crippen LogP contribution in [0.3, 0.4) is 0 Å². The van der Waals surface area contributed by atoms with Crippen LogP contribution in [0.15, 0.2) is 24.3 Å². The van der Waals surface area contributed by atoms with Gasteiger partial charge in [-0.2, -0.15) is 0 Å². The van der Waals surface area contributed by atoms with Crippen molar-refractivity contribution in [1.29, 1.82) is 0 Å². The molecule has 1 aliphatic rings. The molecule has 1 heteroatoms. The fraction of sp³-hybridized carbons (Fsp3) is 0.667. The van der Waals surface area contributed by atoms with Crippen LogP contribution in [0.25, 0.3) is 0 Å². The topological polar surface area (TPSA) is 12.0 Å². The van der Waals surface area contributed by atoms with E-state index < -0.39 is 0 Å². The smallest absolute Gasteiger partial charge is 0.0109 e. The highest BCUT2D eigenvalue weighted by atomic mass is 14.9. The Morgan fingerprint density at radius 3 is 2.37 bits per heavy atom. The molecule has 0 bridgehead atoms. The van der Waals surface area contributed by atoms with Gasteiger partial charge in [0.15, 0.2) is 0 Å². The highest BCUT2D eigenvalue weighted by Crippen LogP contribution is 2.55. The van der Waals surface area contributed by atoms with E-state index in [1.165, 1.54) is 24.8 Å². The maximum Gasteiger partial charge on any atom is 0.0109 e. The zero-order valence-electron chi connectivity index (χ0n) is 13.0. The molecular formula is C18H29N. The Morgan fingerprint density at radius 1 is 1.21 bits per heavy atom. The van der Waals surface area contributed by atoms with E-state index in [1.807, 2.05) is 0 Å². The molecule has 0 spiro atoms. The molecule has 1 fully saturated rings. The minimum Gasteiger partial charge on any atom is -0.316 e. The summed E-state index contributed by atoms with van der Waals surface area (Å²) in [5.41, 5.74) is 3.43. The maximum atomic E-state index is 3.64. The summed E-state index contributed by atoms with van der Waals surface area (Å²) >= 11 is 0. The number of benzene rings is 1. The lowest BCUT2D eigenvalue weighted by molar-refractivity contribution is 0.523. The van der Waals surface area contributed by atoms with E-state index in [-0.39, 0.29) is 0 Å². The van der Waals surface area contributed by atoms with Crippen LogP contribution in [-0.2, 0) is 5.41 Å². The van der Waals surface area contributed by atoms with E-state index in [0.717, 1.165) is 19.0 Å². The molecule has 1 aliphatic carbocycles. The zero-order chi connectivity index (χ0) is 13.9. The van der Waals surface area contributed by atoms with Crippen LogP contribution >= 0.6 is 0 Å². The van der Waals surface area contributed by atoms with Gasteiger partial charge in [0.2, 0.25) is 0 Å². The van der Waals surface area contributed by atoms with Gasteiger partial charge in [0, 0.05) is 12.0 Å². The molecule has 0 heterocycles. The summed E-state index contributed by atoms with van der Waals surface area (Å²) in [7, 11) is 0. The summed E-state index contributed by atoms with van der Waals surface area (Å²) in [5.74, 6) is 1.51. The third kappa shape index (κ3) is 3.02. The van der Waals surface area contributed by atoms with Crippen LogP contribution in [0.1, 0.15) is 64.0 Å². The third-order valence-electron chi connectivity index (χ3n) is 4.74. The fourth-order valence-electron chi connectivity index (χ4n) is 3.28. The minimum atomic E-state index is 0.430. The Hall–Kier alpha value is -0.820. The summed E-state index contributed by atoms with van der Waals surface area (Å²) in [6.45, 7) is 11.4. The number of rotatable bonds is 7. The second kappa shape index (κ2) is 6.09. The quantitative estimate of drug-likeness (QED) is 0.712. The van der Waals surface area contributed by atoms with E-state index in [9.17, 15) is 0 Å². The van der Waals surface area contributed by atoms with Crippen LogP contribution in [0.5, 0.6) is 0 Å². The molecule has 19 heavy (non-hydrogen) atoms. The van der Waals surface area contributed by atoms with Crippen molar-refractivity contribution in [2.24, 2.45) is 5.92 Å². The van der Waals surface area contributed by atoms with Crippen molar-refractivity contribution < 1.29 is 0 Å². The first-order chi connectivity index (χ1) is 9.14. The van der Waals surface area contributed by atoms with Crippen molar-refractivity contribution >= 4 is 0 Å². The van der Waals surface area contributed by atoms with Gasteiger partial charge in [-0.05, 0) is 42.3 Å². The fourth-order valence-corrected chi connectivity index (χ4v) is 3.28. The highest BCUT2D eigenvalue weighted by molar-refractivity contribution is 5.37. The van der Waals surface area contributed by atoms with Gasteiger partial charge in [-0.3, -0.25) is 0 Å². The van der Waals surface area contributed by atoms with Gasteiger partial charge in [0.1, 0.15) is 0 Å². The monoisotopic (exact) mass is 259 g/mol. The Kier molecular flexibility index (Phi) is 4.67. The molecular weight excluding hydrogens is 230 g/mol. The van der Waals surface area contributed by atoms with E-state index in [2.05, 4.69) is 57.3 Å². The molecule has 106 valence electrons. The first kappa shape index (κ1) is 14.6. The molecule has 2 atom stereocenters. The van der Waals surface area contributed by atoms with Crippen molar-refractivity contribution in [2.45, 2.75) is 58.3 Å². The molecule has 1 nitrogen and oxygen atoms in total. The molecule has 2 rings (SSSR count). The Bertz CT molecular complexity index is 393. The standard InChI is InChI=1S/C18H29N/c1-5-11-19-13-18(12-16(18)6-2)17-9-7-15(8-10-17)14(3)4/h7-10,14,16,19H,5-6,11-13H2,1-4H3. The number of hydrogen-bond acceptors (Lipinski definition) is 1. The Labute approximate surface area is 118 Å². The molecule has 0 aliphatic heterocycles. The summed E-state index contributed by atoms with van der Waals surface area (Å²) in [6.07, 6.45) is 3.89. The second-order valence-corrected chi connectivity index (χ2v) is 6.42. The first-order valence-corrected chi connectivity index (χ1v) is 7.95. The second-order valence-electron chi connectivity index (χ2n) is 6.42. The third-order valence-corrected chi connectivity index (χ3v) is 4.74. The maximum absolute atomic E-state index is 3.64. The SMILES string of the molecule is CCCNCC1(c2ccc(C(C)C)cc2)CC1CC. The van der Waals surface area contributed by atoms with Crippen molar-refractivity contribution in [3.8, 4) is 0 Å². The number of nitrogens with one attached hydrogen (secondary N) is 1.